The molecule has 0 saturated carbocycles. The van der Waals surface area contributed by atoms with Crippen LogP contribution in [0, 0.1) is 0 Å². The lowest BCUT2D eigenvalue weighted by atomic mass is 10.2. The van der Waals surface area contributed by atoms with E-state index in [1.807, 2.05) is 18.7 Å². The fourth-order valence-corrected chi connectivity index (χ4v) is 2.55. The van der Waals surface area contributed by atoms with Crippen LogP contribution in [0.4, 0.5) is 0 Å². The molecule has 0 spiro atoms. The van der Waals surface area contributed by atoms with Gasteiger partial charge in [-0.05, 0) is 36.9 Å². The molecule has 0 aliphatic carbocycles. The molecule has 2 nitrogen and oxygen atoms in total. The van der Waals surface area contributed by atoms with Gasteiger partial charge in [0.1, 0.15) is 5.75 Å². The molecule has 0 amide bonds. The summed E-state index contributed by atoms with van der Waals surface area (Å²) in [5.74, 6) is 3.32. The molecule has 0 aliphatic rings. The van der Waals surface area contributed by atoms with Gasteiger partial charge in [-0.25, -0.2) is 0 Å². The monoisotopic (exact) mass is 249 g/mol. The molecule has 2 rings (SSSR count). The maximum absolute atomic E-state index is 5.51. The van der Waals surface area contributed by atoms with Crippen LogP contribution in [0.2, 0.25) is 0 Å². The van der Waals surface area contributed by atoms with Gasteiger partial charge in [0, 0.05) is 29.4 Å². The smallest absolute Gasteiger partial charge is 0.120 e. The van der Waals surface area contributed by atoms with Crippen molar-refractivity contribution in [3.05, 3.63) is 30.5 Å². The van der Waals surface area contributed by atoms with E-state index >= 15 is 0 Å². The van der Waals surface area contributed by atoms with Crippen molar-refractivity contribution in [2.75, 3.05) is 18.1 Å². The lowest BCUT2D eigenvalue weighted by Crippen LogP contribution is -1.98. The van der Waals surface area contributed by atoms with Crippen LogP contribution in [0.25, 0.3) is 10.9 Å². The van der Waals surface area contributed by atoms with Crippen LogP contribution in [0.1, 0.15) is 13.8 Å². The molecule has 92 valence electrons. The summed E-state index contributed by atoms with van der Waals surface area (Å²) in [5, 5.41) is 1.26. The molecule has 1 heterocycles. The van der Waals surface area contributed by atoms with E-state index in [-0.39, 0.29) is 0 Å². The molecule has 0 atom stereocenters. The molecule has 0 aliphatic heterocycles. The Labute approximate surface area is 107 Å². The van der Waals surface area contributed by atoms with Crippen molar-refractivity contribution in [2.24, 2.45) is 0 Å². The van der Waals surface area contributed by atoms with E-state index < -0.39 is 0 Å². The predicted octanol–water partition coefficient (Wildman–Crippen LogP) is 3.79. The first-order valence-corrected chi connectivity index (χ1v) is 7.30. The van der Waals surface area contributed by atoms with Crippen LogP contribution in [-0.4, -0.2) is 22.7 Å². The Hall–Kier alpha value is -1.09. The number of aryl methyl sites for hydroxylation is 1. The number of benzene rings is 1. The molecule has 1 aromatic heterocycles. The molecule has 1 aromatic carbocycles. The van der Waals surface area contributed by atoms with Gasteiger partial charge in [-0.1, -0.05) is 6.92 Å². The highest BCUT2D eigenvalue weighted by Crippen LogP contribution is 2.22. The standard InChI is InChI=1S/C14H19NOS/c1-3-16-13-5-6-14-12(11-13)7-8-15(14)9-10-17-4-2/h5-8,11H,3-4,9-10H2,1-2H3. The molecular formula is C14H19NOS. The normalized spacial score (nSPS) is 10.9. The Morgan fingerprint density at radius 1 is 1.24 bits per heavy atom. The fraction of sp³-hybridized carbons (Fsp3) is 0.429. The molecule has 0 bridgehead atoms. The number of nitrogens with zero attached hydrogens (tertiary/aromatic N) is 1. The second-order valence-electron chi connectivity index (χ2n) is 3.86. The van der Waals surface area contributed by atoms with E-state index in [1.165, 1.54) is 22.4 Å². The average molecular weight is 249 g/mol. The molecule has 2 aromatic rings. The molecule has 0 fully saturated rings. The maximum Gasteiger partial charge on any atom is 0.120 e. The number of fused-ring (bicyclic) bond motifs is 1. The molecule has 0 radical (unpaired) electrons. The minimum absolute atomic E-state index is 0.722. The number of thioether (sulfide) groups is 1. The summed E-state index contributed by atoms with van der Waals surface area (Å²) in [6.45, 7) is 6.01. The maximum atomic E-state index is 5.51. The van der Waals surface area contributed by atoms with Crippen LogP contribution in [0.5, 0.6) is 5.75 Å². The highest BCUT2D eigenvalue weighted by molar-refractivity contribution is 7.99. The van der Waals surface area contributed by atoms with Crippen LogP contribution in [0.15, 0.2) is 30.5 Å². The molecule has 17 heavy (non-hydrogen) atoms. The van der Waals surface area contributed by atoms with Crippen molar-refractivity contribution in [1.29, 1.82) is 0 Å². The summed E-state index contributed by atoms with van der Waals surface area (Å²) in [4.78, 5) is 0. The molecular weight excluding hydrogens is 230 g/mol. The summed E-state index contributed by atoms with van der Waals surface area (Å²) < 4.78 is 7.82. The second kappa shape index (κ2) is 6.01. The van der Waals surface area contributed by atoms with Crippen LogP contribution < -0.4 is 4.74 Å². The Bertz CT molecular complexity index is 478. The van der Waals surface area contributed by atoms with E-state index in [1.54, 1.807) is 0 Å². The minimum atomic E-state index is 0.722. The molecule has 0 unspecified atom stereocenters. The summed E-state index contributed by atoms with van der Waals surface area (Å²) in [5.41, 5.74) is 1.30. The Morgan fingerprint density at radius 2 is 2.12 bits per heavy atom. The zero-order valence-electron chi connectivity index (χ0n) is 10.5. The first kappa shape index (κ1) is 12.4. The van der Waals surface area contributed by atoms with E-state index in [0.717, 1.165) is 18.9 Å². The van der Waals surface area contributed by atoms with E-state index in [4.69, 9.17) is 4.74 Å². The van der Waals surface area contributed by atoms with Gasteiger partial charge in [0.15, 0.2) is 0 Å². The van der Waals surface area contributed by atoms with Crippen molar-refractivity contribution >= 4 is 22.7 Å². The van der Waals surface area contributed by atoms with Crippen molar-refractivity contribution in [1.82, 2.24) is 4.57 Å². The zero-order valence-corrected chi connectivity index (χ0v) is 11.3. The highest BCUT2D eigenvalue weighted by atomic mass is 32.2. The highest BCUT2D eigenvalue weighted by Gasteiger charge is 2.02. The number of rotatable bonds is 6. The third kappa shape index (κ3) is 2.97. The number of aromatic nitrogens is 1. The minimum Gasteiger partial charge on any atom is -0.494 e. The predicted molar refractivity (Wildman–Crippen MR) is 76.1 cm³/mol. The van der Waals surface area contributed by atoms with Crippen molar-refractivity contribution in [3.63, 3.8) is 0 Å². The van der Waals surface area contributed by atoms with Crippen molar-refractivity contribution < 1.29 is 4.74 Å². The first-order chi connectivity index (χ1) is 8.35. The number of hydrogen-bond donors (Lipinski definition) is 0. The Kier molecular flexibility index (Phi) is 4.37. The first-order valence-electron chi connectivity index (χ1n) is 6.14. The number of hydrogen-bond acceptors (Lipinski definition) is 2. The van der Waals surface area contributed by atoms with Gasteiger partial charge in [0.2, 0.25) is 0 Å². The Morgan fingerprint density at radius 3 is 2.88 bits per heavy atom. The van der Waals surface area contributed by atoms with Gasteiger partial charge >= 0.3 is 0 Å². The van der Waals surface area contributed by atoms with Gasteiger partial charge in [0.05, 0.1) is 6.61 Å². The summed E-state index contributed by atoms with van der Waals surface area (Å²) in [6.07, 6.45) is 2.16. The quantitative estimate of drug-likeness (QED) is 0.723. The van der Waals surface area contributed by atoms with E-state index in [0.29, 0.717) is 0 Å². The third-order valence-electron chi connectivity index (χ3n) is 2.73. The zero-order chi connectivity index (χ0) is 12.1. The average Bonchev–Trinajstić information content (AvgIpc) is 2.73. The fourth-order valence-electron chi connectivity index (χ4n) is 1.94. The summed E-state index contributed by atoms with van der Waals surface area (Å²) >= 11 is 1.98. The van der Waals surface area contributed by atoms with Crippen molar-refractivity contribution in [2.45, 2.75) is 20.4 Å². The second-order valence-corrected chi connectivity index (χ2v) is 5.25. The largest absolute Gasteiger partial charge is 0.494 e. The lowest BCUT2D eigenvalue weighted by Gasteiger charge is -2.06. The molecule has 3 heteroatoms. The van der Waals surface area contributed by atoms with E-state index in [9.17, 15) is 0 Å². The van der Waals surface area contributed by atoms with Crippen LogP contribution in [-0.2, 0) is 6.54 Å². The van der Waals surface area contributed by atoms with Gasteiger partial charge in [-0.3, -0.25) is 0 Å². The van der Waals surface area contributed by atoms with Crippen LogP contribution >= 0.6 is 11.8 Å². The molecule has 0 N–H and O–H groups in total. The molecule has 0 saturated heterocycles. The van der Waals surface area contributed by atoms with Crippen LogP contribution in [0.3, 0.4) is 0 Å². The van der Waals surface area contributed by atoms with Gasteiger partial charge in [0.25, 0.3) is 0 Å². The SMILES string of the molecule is CCOc1ccc2c(ccn2CCSCC)c1. The van der Waals surface area contributed by atoms with Gasteiger partial charge < -0.3 is 9.30 Å². The topological polar surface area (TPSA) is 14.2 Å². The van der Waals surface area contributed by atoms with Gasteiger partial charge in [-0.15, -0.1) is 0 Å². The van der Waals surface area contributed by atoms with E-state index in [2.05, 4.69) is 42.0 Å². The third-order valence-corrected chi connectivity index (χ3v) is 3.61. The lowest BCUT2D eigenvalue weighted by molar-refractivity contribution is 0.340. The summed E-state index contributed by atoms with van der Waals surface area (Å²) in [6, 6.07) is 8.48. The van der Waals surface area contributed by atoms with Crippen molar-refractivity contribution in [3.8, 4) is 5.75 Å². The number of ether oxygens (including phenoxy) is 1. The Balaban J connectivity index is 2.16. The summed E-state index contributed by atoms with van der Waals surface area (Å²) in [7, 11) is 0. The van der Waals surface area contributed by atoms with Gasteiger partial charge in [-0.2, -0.15) is 11.8 Å².